The second-order valence-corrected chi connectivity index (χ2v) is 19.1. The molecule has 0 radical (unpaired) electrons. The molecule has 3 aliphatic heterocycles. The summed E-state index contributed by atoms with van der Waals surface area (Å²) in [6.07, 6.45) is 36.0. The summed E-state index contributed by atoms with van der Waals surface area (Å²) in [6.45, 7) is 2.43. The number of hydrogen-bond donors (Lipinski definition) is 1. The first kappa shape index (κ1) is 38.6. The summed E-state index contributed by atoms with van der Waals surface area (Å²) in [5, 5.41) is 4.08. The van der Waals surface area contributed by atoms with Crippen LogP contribution in [0.4, 0.5) is 5.69 Å². The number of para-hydroxylation sites is 1. The Kier molecular flexibility index (Phi) is 9.99. The van der Waals surface area contributed by atoms with E-state index >= 15 is 0 Å². The van der Waals surface area contributed by atoms with Crippen LogP contribution in [0, 0.1) is 29.6 Å². The minimum atomic E-state index is -0.0653. The zero-order chi connectivity index (χ0) is 41.9. The zero-order valence-electron chi connectivity index (χ0n) is 36.3. The third kappa shape index (κ3) is 6.79. The lowest BCUT2D eigenvalue weighted by atomic mass is 9.66. The van der Waals surface area contributed by atoms with Crippen LogP contribution in [0.3, 0.4) is 0 Å². The van der Waals surface area contributed by atoms with E-state index in [1.165, 1.54) is 46.4 Å². The minimum absolute atomic E-state index is 0.0653. The van der Waals surface area contributed by atoms with Crippen LogP contribution in [0.1, 0.15) is 93.7 Å². The van der Waals surface area contributed by atoms with E-state index in [0.717, 1.165) is 79.3 Å². The summed E-state index contributed by atoms with van der Waals surface area (Å²) in [5.74, 6) is 5.68. The highest BCUT2D eigenvalue weighted by atomic mass is 16.5. The topological polar surface area (TPSA) is 63.2 Å². The van der Waals surface area contributed by atoms with Crippen molar-refractivity contribution < 1.29 is 4.74 Å². The summed E-state index contributed by atoms with van der Waals surface area (Å²) in [5.41, 5.74) is 9.91. The Morgan fingerprint density at radius 3 is 2.38 bits per heavy atom. The maximum absolute atomic E-state index is 7.35. The monoisotopic (exact) mass is 827 g/mol. The molecule has 1 aromatic heterocycles. The van der Waals surface area contributed by atoms with E-state index in [2.05, 4.69) is 169 Å². The molecule has 6 heteroatoms. The average Bonchev–Trinajstić information content (AvgIpc) is 3.92. The van der Waals surface area contributed by atoms with Crippen molar-refractivity contribution in [2.75, 3.05) is 4.90 Å². The lowest BCUT2D eigenvalue weighted by Gasteiger charge is -2.39. The summed E-state index contributed by atoms with van der Waals surface area (Å²) in [4.78, 5) is 19.1. The van der Waals surface area contributed by atoms with Crippen LogP contribution in [0.15, 0.2) is 163 Å². The Bertz CT molecular complexity index is 2650. The van der Waals surface area contributed by atoms with Gasteiger partial charge in [0.15, 0.2) is 11.6 Å². The molecule has 0 amide bonds. The molecule has 4 heterocycles. The smallest absolute Gasteiger partial charge is 0.161 e. The van der Waals surface area contributed by atoms with Crippen LogP contribution >= 0.6 is 0 Å². The normalized spacial score (nSPS) is 31.5. The van der Waals surface area contributed by atoms with Gasteiger partial charge in [0, 0.05) is 47.2 Å². The second-order valence-electron chi connectivity index (χ2n) is 19.1. The third-order valence-electron chi connectivity index (χ3n) is 15.6. The molecule has 63 heavy (non-hydrogen) atoms. The fourth-order valence-corrected chi connectivity index (χ4v) is 12.7. The number of fused-ring (bicyclic) bond motifs is 6. The number of anilines is 1. The number of ether oxygens (including phenoxy) is 1. The Balaban J connectivity index is 0.969. The number of allylic oxidation sites excluding steroid dienone is 9. The van der Waals surface area contributed by atoms with Crippen molar-refractivity contribution >= 4 is 22.4 Å². The maximum atomic E-state index is 7.35. The molecular formula is C57H57N5O. The molecule has 10 unspecified atom stereocenters. The van der Waals surface area contributed by atoms with Crippen molar-refractivity contribution in [2.24, 2.45) is 29.6 Å². The maximum Gasteiger partial charge on any atom is 0.161 e. The SMILES string of the molecule is CC1C=CCC2C1C1C3OC4=C(C3C=CC1N2c1ccccc1)C(C1NC=C(c2ccccc2-c2ccccc2)C=C1c1nc(C2=CCCCC2)nc(C2CC=CCC2)n1)CC=C4. The minimum Gasteiger partial charge on any atom is -0.489 e. The number of rotatable bonds is 7. The highest BCUT2D eigenvalue weighted by molar-refractivity contribution is 5.92. The molecule has 1 N–H and O–H groups in total. The molecule has 6 nitrogen and oxygen atoms in total. The van der Waals surface area contributed by atoms with Crippen molar-refractivity contribution in [1.82, 2.24) is 20.3 Å². The van der Waals surface area contributed by atoms with Gasteiger partial charge in [0.05, 0.1) is 12.1 Å². The van der Waals surface area contributed by atoms with Crippen molar-refractivity contribution in [3.8, 4) is 11.1 Å². The number of aromatic nitrogens is 3. The van der Waals surface area contributed by atoms with E-state index in [1.807, 2.05) is 0 Å². The first-order valence-electron chi connectivity index (χ1n) is 23.9. The van der Waals surface area contributed by atoms with Gasteiger partial charge in [0.1, 0.15) is 17.7 Å². The van der Waals surface area contributed by atoms with E-state index < -0.39 is 0 Å². The van der Waals surface area contributed by atoms with Gasteiger partial charge in [-0.05, 0) is 127 Å². The molecule has 3 aromatic carbocycles. The van der Waals surface area contributed by atoms with E-state index in [0.29, 0.717) is 29.8 Å². The van der Waals surface area contributed by atoms with Gasteiger partial charge >= 0.3 is 0 Å². The molecule has 8 aliphatic rings. The molecule has 316 valence electrons. The van der Waals surface area contributed by atoms with E-state index in [9.17, 15) is 0 Å². The van der Waals surface area contributed by atoms with Gasteiger partial charge in [0.2, 0.25) is 0 Å². The number of benzene rings is 3. The van der Waals surface area contributed by atoms with Crippen LogP contribution < -0.4 is 10.2 Å². The van der Waals surface area contributed by atoms with Gasteiger partial charge in [0.25, 0.3) is 0 Å². The molecule has 1 fully saturated rings. The molecule has 12 rings (SSSR count). The average molecular weight is 828 g/mol. The number of hydrogen-bond acceptors (Lipinski definition) is 6. The first-order chi connectivity index (χ1) is 31.2. The summed E-state index contributed by atoms with van der Waals surface area (Å²) in [7, 11) is 0. The highest BCUT2D eigenvalue weighted by Gasteiger charge is 2.59. The number of dihydropyridines is 1. The summed E-state index contributed by atoms with van der Waals surface area (Å²) in [6, 6.07) is 31.4. The van der Waals surface area contributed by atoms with Crippen LogP contribution in [-0.2, 0) is 4.74 Å². The second kappa shape index (κ2) is 16.3. The van der Waals surface area contributed by atoms with E-state index in [-0.39, 0.29) is 29.9 Å². The molecular weight excluding hydrogens is 771 g/mol. The first-order valence-corrected chi connectivity index (χ1v) is 23.9. The Hall–Kier alpha value is -6.01. The van der Waals surface area contributed by atoms with E-state index in [4.69, 9.17) is 19.7 Å². The van der Waals surface area contributed by atoms with Crippen molar-refractivity contribution in [1.29, 1.82) is 0 Å². The Morgan fingerprint density at radius 2 is 1.56 bits per heavy atom. The lowest BCUT2D eigenvalue weighted by Crippen LogP contribution is -2.45. The predicted octanol–water partition coefficient (Wildman–Crippen LogP) is 12.2. The van der Waals surface area contributed by atoms with Crippen molar-refractivity contribution in [2.45, 2.75) is 94.9 Å². The fourth-order valence-electron chi connectivity index (χ4n) is 12.7. The lowest BCUT2D eigenvalue weighted by molar-refractivity contribution is 0.0384. The van der Waals surface area contributed by atoms with Gasteiger partial charge in [-0.2, -0.15) is 0 Å². The molecule has 10 atom stereocenters. The number of nitrogens with one attached hydrogen (secondary N) is 1. The van der Waals surface area contributed by atoms with E-state index in [1.54, 1.807) is 0 Å². The third-order valence-corrected chi connectivity index (χ3v) is 15.6. The molecule has 0 spiro atoms. The molecule has 0 bridgehead atoms. The van der Waals surface area contributed by atoms with Crippen LogP contribution in [-0.4, -0.2) is 39.2 Å². The van der Waals surface area contributed by atoms with Crippen molar-refractivity contribution in [3.05, 3.63) is 186 Å². The predicted molar refractivity (Wildman–Crippen MR) is 255 cm³/mol. The summed E-state index contributed by atoms with van der Waals surface area (Å²) < 4.78 is 7.35. The van der Waals surface area contributed by atoms with Gasteiger partial charge in [-0.15, -0.1) is 0 Å². The molecule has 0 saturated carbocycles. The quantitative estimate of drug-likeness (QED) is 0.187. The van der Waals surface area contributed by atoms with Gasteiger partial charge < -0.3 is 15.0 Å². The zero-order valence-corrected chi connectivity index (χ0v) is 36.3. The largest absolute Gasteiger partial charge is 0.489 e. The van der Waals surface area contributed by atoms with Gasteiger partial charge in [-0.1, -0.05) is 128 Å². The Labute approximate surface area is 372 Å². The molecule has 1 saturated heterocycles. The van der Waals surface area contributed by atoms with Crippen LogP contribution in [0.5, 0.6) is 0 Å². The van der Waals surface area contributed by atoms with Gasteiger partial charge in [-0.25, -0.2) is 15.0 Å². The molecule has 4 aromatic rings. The standard InChI is InChI=1S/C57H57N5O/c1-36-18-16-30-47-50(36)52-48(62(47)41-25-12-5-13-26-41)33-32-45-51-44(29-17-31-49(51)63-54(45)52)53-46(34-40(35-58-53)43-28-15-14-27-42(43)37-19-6-2-7-20-37)57-60-55(38-21-8-3-9-22-38)59-56(61-57)39-23-10-4-11-24-39/h2-3,5-8,12-20,23,25-28,31-36,38,44-45,47-48,50,52-54,58H,4,9-11,21-22,24,29-30H2,1H3. The van der Waals surface area contributed by atoms with Crippen LogP contribution in [0.25, 0.3) is 27.8 Å². The molecule has 5 aliphatic carbocycles. The number of nitrogens with zero attached hydrogens (tertiary/aromatic N) is 4. The summed E-state index contributed by atoms with van der Waals surface area (Å²) >= 11 is 0. The Morgan fingerprint density at radius 1 is 0.730 bits per heavy atom. The van der Waals surface area contributed by atoms with Crippen molar-refractivity contribution in [3.63, 3.8) is 0 Å². The highest BCUT2D eigenvalue weighted by Crippen LogP contribution is 2.57. The fraction of sp³-hybridized carbons (Fsp3) is 0.351. The van der Waals surface area contributed by atoms with Gasteiger partial charge in [-0.3, -0.25) is 0 Å². The van der Waals surface area contributed by atoms with Crippen LogP contribution in [0.2, 0.25) is 0 Å².